The summed E-state index contributed by atoms with van der Waals surface area (Å²) in [7, 11) is 0. The second kappa shape index (κ2) is 10.4. The largest absolute Gasteiger partial charge is 0.454 e. The zero-order valence-corrected chi connectivity index (χ0v) is 21.7. The smallest absolute Gasteiger partial charge is 0.256 e. The van der Waals surface area contributed by atoms with Crippen molar-refractivity contribution in [3.05, 3.63) is 111 Å². The number of rotatable bonds is 7. The predicted molar refractivity (Wildman–Crippen MR) is 150 cm³/mol. The van der Waals surface area contributed by atoms with E-state index in [0.717, 1.165) is 16.0 Å². The Hall–Kier alpha value is -4.96. The number of fused-ring (bicyclic) bond motifs is 1. The molecular formula is C29H23N5O4S. The van der Waals surface area contributed by atoms with Crippen molar-refractivity contribution >= 4 is 29.1 Å². The highest BCUT2D eigenvalue weighted by Crippen LogP contribution is 2.33. The van der Waals surface area contributed by atoms with Gasteiger partial charge in [-0.15, -0.1) is 11.3 Å². The molecule has 6 rings (SSSR count). The summed E-state index contributed by atoms with van der Waals surface area (Å²) in [5.41, 5.74) is 3.36. The molecule has 1 amide bonds. The number of aryl methyl sites for hydroxylation is 1. The quantitative estimate of drug-likeness (QED) is 0.284. The second-order valence-corrected chi connectivity index (χ2v) is 9.80. The third-order valence-electron chi connectivity index (χ3n) is 6.19. The zero-order valence-electron chi connectivity index (χ0n) is 20.9. The first-order valence-electron chi connectivity index (χ1n) is 12.2. The van der Waals surface area contributed by atoms with E-state index >= 15 is 0 Å². The van der Waals surface area contributed by atoms with E-state index in [4.69, 9.17) is 9.47 Å². The van der Waals surface area contributed by atoms with Crippen molar-refractivity contribution in [1.29, 1.82) is 0 Å². The molecule has 3 aromatic heterocycles. The van der Waals surface area contributed by atoms with E-state index in [1.165, 1.54) is 22.1 Å². The molecule has 0 aliphatic carbocycles. The van der Waals surface area contributed by atoms with Gasteiger partial charge in [-0.2, -0.15) is 9.78 Å². The van der Waals surface area contributed by atoms with Gasteiger partial charge in [0, 0.05) is 24.1 Å². The first-order valence-corrected chi connectivity index (χ1v) is 13.1. The van der Waals surface area contributed by atoms with Crippen LogP contribution < -0.4 is 20.3 Å². The maximum Gasteiger partial charge on any atom is 0.256 e. The highest BCUT2D eigenvalue weighted by atomic mass is 32.1. The zero-order chi connectivity index (χ0) is 26.8. The number of anilines is 1. The van der Waals surface area contributed by atoms with Gasteiger partial charge in [0.25, 0.3) is 5.56 Å². The van der Waals surface area contributed by atoms with Crippen LogP contribution in [0.1, 0.15) is 22.4 Å². The standard InChI is InChI=1S/C29H23N5O4S/c1-18-21(14-19-6-3-2-4-7-19)28(36)32-29(30-18)34-26(16-22(33-34)25-8-5-13-39-25)31-27(35)12-10-20-9-11-23-24(15-20)38-17-37-23/h2-13,15-16H,14,17H2,1H3,(H,31,35)(H,30,32,36)/b12-10-. The van der Waals surface area contributed by atoms with Gasteiger partial charge in [0.15, 0.2) is 11.5 Å². The number of carbonyl (C=O) groups excluding carboxylic acids is 1. The summed E-state index contributed by atoms with van der Waals surface area (Å²) >= 11 is 1.52. The lowest BCUT2D eigenvalue weighted by molar-refractivity contribution is -0.111. The van der Waals surface area contributed by atoms with Gasteiger partial charge in [-0.25, -0.2) is 4.98 Å². The number of hydrogen-bond donors (Lipinski definition) is 2. The molecule has 1 aliphatic heterocycles. The number of aromatic nitrogens is 4. The lowest BCUT2D eigenvalue weighted by Gasteiger charge is -2.10. The van der Waals surface area contributed by atoms with Crippen LogP contribution in [0.3, 0.4) is 0 Å². The van der Waals surface area contributed by atoms with Crippen molar-refractivity contribution in [1.82, 2.24) is 19.7 Å². The Morgan fingerprint density at radius 1 is 1.10 bits per heavy atom. The van der Waals surface area contributed by atoms with Crippen LogP contribution in [-0.2, 0) is 11.2 Å². The van der Waals surface area contributed by atoms with E-state index in [1.54, 1.807) is 31.2 Å². The summed E-state index contributed by atoms with van der Waals surface area (Å²) in [6.07, 6.45) is 3.56. The third kappa shape index (κ3) is 5.23. The van der Waals surface area contributed by atoms with Gasteiger partial charge in [0.05, 0.1) is 10.6 Å². The Bertz CT molecular complexity index is 1740. The molecule has 0 radical (unpaired) electrons. The molecule has 2 aromatic carbocycles. The minimum Gasteiger partial charge on any atom is -0.454 e. The molecular weight excluding hydrogens is 514 g/mol. The third-order valence-corrected chi connectivity index (χ3v) is 7.08. The monoisotopic (exact) mass is 537 g/mol. The van der Waals surface area contributed by atoms with Crippen molar-refractivity contribution < 1.29 is 14.3 Å². The number of amides is 1. The number of carbonyl (C=O) groups is 1. The SMILES string of the molecule is Cc1nc(-n2nc(-c3cccs3)cc2NC(=O)/C=C\c2ccc3c(c2)OCO3)[nH]c(=O)c1Cc1ccccc1. The van der Waals surface area contributed by atoms with Crippen LogP contribution in [0.25, 0.3) is 22.6 Å². The Kier molecular flexibility index (Phi) is 6.52. The van der Waals surface area contributed by atoms with Crippen molar-refractivity contribution in [2.45, 2.75) is 13.3 Å². The van der Waals surface area contributed by atoms with Crippen molar-refractivity contribution in [2.75, 3.05) is 12.1 Å². The van der Waals surface area contributed by atoms with Gasteiger partial charge in [-0.3, -0.25) is 14.6 Å². The molecule has 0 spiro atoms. The Labute approximate surface area is 227 Å². The van der Waals surface area contributed by atoms with Crippen molar-refractivity contribution in [3.8, 4) is 28.0 Å². The summed E-state index contributed by atoms with van der Waals surface area (Å²) in [6.45, 7) is 1.98. The number of hydrogen-bond acceptors (Lipinski definition) is 7. The maximum atomic E-state index is 13.1. The summed E-state index contributed by atoms with van der Waals surface area (Å²) in [6, 6.07) is 20.8. The molecule has 0 saturated heterocycles. The van der Waals surface area contributed by atoms with Crippen LogP contribution in [0.2, 0.25) is 0 Å². The minimum atomic E-state index is -0.369. The van der Waals surface area contributed by atoms with Crippen LogP contribution in [0.15, 0.2) is 83.0 Å². The molecule has 2 N–H and O–H groups in total. The second-order valence-electron chi connectivity index (χ2n) is 8.86. The van der Waals surface area contributed by atoms with Gasteiger partial charge in [-0.1, -0.05) is 42.5 Å². The van der Waals surface area contributed by atoms with Gasteiger partial charge in [-0.05, 0) is 47.7 Å². The van der Waals surface area contributed by atoms with E-state index in [-0.39, 0.29) is 24.2 Å². The van der Waals surface area contributed by atoms with Crippen LogP contribution >= 0.6 is 11.3 Å². The first kappa shape index (κ1) is 24.4. The average Bonchev–Trinajstić information content (AvgIpc) is 3.71. The predicted octanol–water partition coefficient (Wildman–Crippen LogP) is 4.96. The Morgan fingerprint density at radius 3 is 2.74 bits per heavy atom. The average molecular weight is 538 g/mol. The lowest BCUT2D eigenvalue weighted by Crippen LogP contribution is -2.22. The highest BCUT2D eigenvalue weighted by molar-refractivity contribution is 7.13. The van der Waals surface area contributed by atoms with Crippen LogP contribution in [0.5, 0.6) is 11.5 Å². The normalized spacial score (nSPS) is 12.2. The molecule has 4 heterocycles. The number of benzene rings is 2. The minimum absolute atomic E-state index is 0.183. The molecule has 0 bridgehead atoms. The molecule has 0 atom stereocenters. The van der Waals surface area contributed by atoms with Crippen molar-refractivity contribution in [3.63, 3.8) is 0 Å². The van der Waals surface area contributed by atoms with E-state index in [9.17, 15) is 9.59 Å². The molecule has 194 valence electrons. The van der Waals surface area contributed by atoms with Crippen LogP contribution in [-0.4, -0.2) is 32.4 Å². The molecule has 0 fully saturated rings. The number of nitrogens with zero attached hydrogens (tertiary/aromatic N) is 3. The van der Waals surface area contributed by atoms with Gasteiger partial charge in [0.2, 0.25) is 18.6 Å². The first-order chi connectivity index (χ1) is 19.0. The fourth-order valence-electron chi connectivity index (χ4n) is 4.24. The fraction of sp³-hybridized carbons (Fsp3) is 0.103. The highest BCUT2D eigenvalue weighted by Gasteiger charge is 2.18. The topological polar surface area (TPSA) is 111 Å². The number of thiophene rings is 1. The number of nitrogens with one attached hydrogen (secondary N) is 2. The van der Waals surface area contributed by atoms with E-state index in [0.29, 0.717) is 40.7 Å². The summed E-state index contributed by atoms with van der Waals surface area (Å²) < 4.78 is 12.2. The van der Waals surface area contributed by atoms with Gasteiger partial charge < -0.3 is 14.8 Å². The Morgan fingerprint density at radius 2 is 1.95 bits per heavy atom. The summed E-state index contributed by atoms with van der Waals surface area (Å²) in [4.78, 5) is 34.4. The maximum absolute atomic E-state index is 13.1. The van der Waals surface area contributed by atoms with E-state index in [1.807, 2.05) is 53.9 Å². The molecule has 39 heavy (non-hydrogen) atoms. The fourth-order valence-corrected chi connectivity index (χ4v) is 4.92. The van der Waals surface area contributed by atoms with E-state index < -0.39 is 0 Å². The molecule has 0 saturated carbocycles. The molecule has 9 nitrogen and oxygen atoms in total. The molecule has 0 unspecified atom stereocenters. The van der Waals surface area contributed by atoms with Crippen LogP contribution in [0, 0.1) is 6.92 Å². The summed E-state index contributed by atoms with van der Waals surface area (Å²) in [5, 5.41) is 9.47. The number of ether oxygens (including phenoxy) is 2. The van der Waals surface area contributed by atoms with E-state index in [2.05, 4.69) is 20.4 Å². The van der Waals surface area contributed by atoms with Gasteiger partial charge >= 0.3 is 0 Å². The Balaban J connectivity index is 1.30. The lowest BCUT2D eigenvalue weighted by atomic mass is 10.1. The summed E-state index contributed by atoms with van der Waals surface area (Å²) in [5.74, 6) is 1.53. The van der Waals surface area contributed by atoms with Gasteiger partial charge in [0.1, 0.15) is 11.5 Å². The van der Waals surface area contributed by atoms with Crippen LogP contribution in [0.4, 0.5) is 5.82 Å². The molecule has 1 aliphatic rings. The number of H-pyrrole nitrogens is 1. The number of aromatic amines is 1. The molecule has 10 heteroatoms. The van der Waals surface area contributed by atoms with Crippen molar-refractivity contribution in [2.24, 2.45) is 0 Å². The molecule has 5 aromatic rings.